The van der Waals surface area contributed by atoms with E-state index in [1.807, 2.05) is 4.90 Å². The monoisotopic (exact) mass is 404 g/mol. The number of carbonyl (C=O) groups is 2. The standard InChI is InChI=1S/C17H24N8O2S/c18-8-14-11-28-12-25(14)10-16(27)23-22-13-2-6-24(7-3-13)9-15(26)21-17-19-4-1-5-20-17/h1,4-5,13-14,22H,2-3,6-7,9-12H2,(H,23,27)(H,19,20,21,26). The number of likely N-dealkylation sites (tertiary alicyclic amines) is 1. The van der Waals surface area contributed by atoms with Crippen LogP contribution < -0.4 is 16.2 Å². The van der Waals surface area contributed by atoms with Crippen LogP contribution in [0.5, 0.6) is 0 Å². The van der Waals surface area contributed by atoms with Crippen molar-refractivity contribution in [2.24, 2.45) is 0 Å². The van der Waals surface area contributed by atoms with Gasteiger partial charge in [0.1, 0.15) is 6.04 Å². The Kier molecular flexibility index (Phi) is 7.55. The molecule has 1 atom stereocenters. The van der Waals surface area contributed by atoms with Crippen molar-refractivity contribution in [3.63, 3.8) is 0 Å². The number of nitriles is 1. The minimum atomic E-state index is -0.188. The molecule has 3 N–H and O–H groups in total. The Morgan fingerprint density at radius 2 is 1.96 bits per heavy atom. The molecule has 2 saturated heterocycles. The van der Waals surface area contributed by atoms with Crippen LogP contribution in [-0.4, -0.2) is 81.5 Å². The van der Waals surface area contributed by atoms with Gasteiger partial charge in [0.15, 0.2) is 0 Å². The van der Waals surface area contributed by atoms with E-state index in [0.717, 1.165) is 31.7 Å². The summed E-state index contributed by atoms with van der Waals surface area (Å²) in [5.41, 5.74) is 5.83. The van der Waals surface area contributed by atoms with E-state index in [9.17, 15) is 9.59 Å². The second-order valence-electron chi connectivity index (χ2n) is 6.76. The molecule has 3 heterocycles. The first kappa shape index (κ1) is 20.5. The lowest BCUT2D eigenvalue weighted by Gasteiger charge is -2.32. The van der Waals surface area contributed by atoms with E-state index in [2.05, 4.69) is 37.1 Å². The molecule has 0 spiro atoms. The van der Waals surface area contributed by atoms with Crippen LogP contribution in [-0.2, 0) is 9.59 Å². The van der Waals surface area contributed by atoms with Gasteiger partial charge >= 0.3 is 0 Å². The van der Waals surface area contributed by atoms with E-state index in [0.29, 0.717) is 18.4 Å². The summed E-state index contributed by atoms with van der Waals surface area (Å²) < 4.78 is 0. The molecule has 1 unspecified atom stereocenters. The molecule has 1 aromatic heterocycles. The maximum atomic E-state index is 12.1. The summed E-state index contributed by atoms with van der Waals surface area (Å²) >= 11 is 1.67. The summed E-state index contributed by atoms with van der Waals surface area (Å²) in [5, 5.41) is 11.7. The highest BCUT2D eigenvalue weighted by molar-refractivity contribution is 7.99. The normalized spacial score (nSPS) is 21.2. The molecule has 1 aromatic rings. The number of hydrogen-bond donors (Lipinski definition) is 3. The molecule has 2 fully saturated rings. The van der Waals surface area contributed by atoms with Gasteiger partial charge in [-0.3, -0.25) is 30.1 Å². The van der Waals surface area contributed by atoms with Gasteiger partial charge in [0.2, 0.25) is 17.8 Å². The number of piperidine rings is 1. The Morgan fingerprint density at radius 3 is 2.68 bits per heavy atom. The second kappa shape index (κ2) is 10.3. The zero-order chi connectivity index (χ0) is 19.8. The van der Waals surface area contributed by atoms with Crippen molar-refractivity contribution in [3.8, 4) is 6.07 Å². The summed E-state index contributed by atoms with van der Waals surface area (Å²) in [5.74, 6) is 1.50. The van der Waals surface area contributed by atoms with Crippen molar-refractivity contribution in [2.45, 2.75) is 24.9 Å². The van der Waals surface area contributed by atoms with Gasteiger partial charge in [0, 0.05) is 43.2 Å². The van der Waals surface area contributed by atoms with Crippen molar-refractivity contribution < 1.29 is 9.59 Å². The number of nitrogens with zero attached hydrogens (tertiary/aromatic N) is 5. The van der Waals surface area contributed by atoms with Gasteiger partial charge < -0.3 is 0 Å². The lowest BCUT2D eigenvalue weighted by Crippen LogP contribution is -2.52. The summed E-state index contributed by atoms with van der Waals surface area (Å²) in [4.78, 5) is 36.0. The van der Waals surface area contributed by atoms with Gasteiger partial charge in [-0.25, -0.2) is 15.4 Å². The summed E-state index contributed by atoms with van der Waals surface area (Å²) in [6.45, 7) is 2.03. The molecule has 0 bridgehead atoms. The summed E-state index contributed by atoms with van der Waals surface area (Å²) in [6.07, 6.45) is 4.82. The van der Waals surface area contributed by atoms with E-state index < -0.39 is 0 Å². The molecule has 28 heavy (non-hydrogen) atoms. The van der Waals surface area contributed by atoms with Crippen LogP contribution in [0.2, 0.25) is 0 Å². The maximum Gasteiger partial charge on any atom is 0.248 e. The van der Waals surface area contributed by atoms with Gasteiger partial charge in [0.25, 0.3) is 0 Å². The maximum absolute atomic E-state index is 12.1. The summed E-state index contributed by atoms with van der Waals surface area (Å²) in [7, 11) is 0. The fourth-order valence-corrected chi connectivity index (χ4v) is 4.24. The number of hydrazine groups is 1. The molecule has 0 aromatic carbocycles. The van der Waals surface area contributed by atoms with Crippen LogP contribution in [0.4, 0.5) is 5.95 Å². The Bertz CT molecular complexity index is 705. The third-order valence-corrected chi connectivity index (χ3v) is 5.72. The minimum absolute atomic E-state index is 0.132. The fraction of sp³-hybridized carbons (Fsp3) is 0.588. The molecule has 3 rings (SSSR count). The van der Waals surface area contributed by atoms with Gasteiger partial charge in [-0.2, -0.15) is 5.26 Å². The minimum Gasteiger partial charge on any atom is -0.294 e. The lowest BCUT2D eigenvalue weighted by molar-refractivity contribution is -0.123. The van der Waals surface area contributed by atoms with Crippen LogP contribution in [0.25, 0.3) is 0 Å². The van der Waals surface area contributed by atoms with E-state index in [-0.39, 0.29) is 30.4 Å². The summed E-state index contributed by atoms with van der Waals surface area (Å²) in [6, 6.07) is 3.89. The molecular weight excluding hydrogens is 380 g/mol. The molecule has 0 aliphatic carbocycles. The lowest BCUT2D eigenvalue weighted by atomic mass is 10.1. The Balaban J connectivity index is 1.31. The second-order valence-corrected chi connectivity index (χ2v) is 7.75. The molecule has 0 saturated carbocycles. The van der Waals surface area contributed by atoms with Gasteiger partial charge in [-0.1, -0.05) is 0 Å². The number of aromatic nitrogens is 2. The molecule has 2 amide bonds. The number of hydrogen-bond acceptors (Lipinski definition) is 9. The topological polar surface area (TPSA) is 126 Å². The number of amides is 2. The largest absolute Gasteiger partial charge is 0.294 e. The van der Waals surface area contributed by atoms with E-state index >= 15 is 0 Å². The Labute approximate surface area is 168 Å². The first-order valence-electron chi connectivity index (χ1n) is 9.19. The smallest absolute Gasteiger partial charge is 0.248 e. The Hall–Kier alpha value is -2.26. The number of thioether (sulfide) groups is 1. The van der Waals surface area contributed by atoms with Crippen LogP contribution in [0.15, 0.2) is 18.5 Å². The highest BCUT2D eigenvalue weighted by Gasteiger charge is 2.27. The molecule has 0 radical (unpaired) electrons. The van der Waals surface area contributed by atoms with Crippen LogP contribution in [0.1, 0.15) is 12.8 Å². The third-order valence-electron chi connectivity index (χ3n) is 4.66. The SMILES string of the molecule is N#CC1CSCN1CC(=O)NNC1CCN(CC(=O)Nc2ncccn2)CC1. The zero-order valence-electron chi connectivity index (χ0n) is 15.5. The number of rotatable bonds is 7. The molecule has 2 aliphatic heterocycles. The molecule has 11 heteroatoms. The first-order valence-corrected chi connectivity index (χ1v) is 10.3. The van der Waals surface area contributed by atoms with Crippen LogP contribution in [0.3, 0.4) is 0 Å². The molecule has 2 aliphatic rings. The van der Waals surface area contributed by atoms with Gasteiger partial charge in [-0.15, -0.1) is 11.8 Å². The van der Waals surface area contributed by atoms with Crippen LogP contribution >= 0.6 is 11.8 Å². The zero-order valence-corrected chi connectivity index (χ0v) is 16.3. The molecular formula is C17H24N8O2S. The van der Waals surface area contributed by atoms with Gasteiger partial charge in [0.05, 0.1) is 19.2 Å². The first-order chi connectivity index (χ1) is 13.6. The van der Waals surface area contributed by atoms with Crippen molar-refractivity contribution in [1.29, 1.82) is 5.26 Å². The van der Waals surface area contributed by atoms with Crippen molar-refractivity contribution >= 4 is 29.5 Å². The highest BCUT2D eigenvalue weighted by atomic mass is 32.2. The predicted octanol–water partition coefficient (Wildman–Crippen LogP) is -0.601. The van der Waals surface area contributed by atoms with Crippen molar-refractivity contribution in [1.82, 2.24) is 30.6 Å². The number of anilines is 1. The third kappa shape index (κ3) is 6.13. The number of carbonyl (C=O) groups excluding carboxylic acids is 2. The number of nitrogens with one attached hydrogen (secondary N) is 3. The van der Waals surface area contributed by atoms with Gasteiger partial charge in [-0.05, 0) is 18.9 Å². The molecule has 150 valence electrons. The molecule has 10 nitrogen and oxygen atoms in total. The van der Waals surface area contributed by atoms with E-state index in [4.69, 9.17) is 5.26 Å². The fourth-order valence-electron chi connectivity index (χ4n) is 3.12. The quantitative estimate of drug-likeness (QED) is 0.511. The van der Waals surface area contributed by atoms with E-state index in [1.54, 1.807) is 30.2 Å². The predicted molar refractivity (Wildman–Crippen MR) is 105 cm³/mol. The van der Waals surface area contributed by atoms with Crippen molar-refractivity contribution in [2.75, 3.05) is 43.1 Å². The average Bonchev–Trinajstić information content (AvgIpc) is 3.15. The van der Waals surface area contributed by atoms with E-state index in [1.165, 1.54) is 0 Å². The van der Waals surface area contributed by atoms with Crippen LogP contribution in [0, 0.1) is 11.3 Å². The highest BCUT2D eigenvalue weighted by Crippen LogP contribution is 2.19. The average molecular weight is 405 g/mol. The van der Waals surface area contributed by atoms with Crippen molar-refractivity contribution in [3.05, 3.63) is 18.5 Å². The Morgan fingerprint density at radius 1 is 1.21 bits per heavy atom.